The van der Waals surface area contributed by atoms with Gasteiger partial charge in [-0.15, -0.1) is 0 Å². The van der Waals surface area contributed by atoms with Gasteiger partial charge in [-0.1, -0.05) is 23.2 Å². The van der Waals surface area contributed by atoms with Gasteiger partial charge in [0, 0.05) is 37.3 Å². The minimum atomic E-state index is 0.000313. The highest BCUT2D eigenvalue weighted by Gasteiger charge is 2.13. The maximum absolute atomic E-state index is 12.0. The third-order valence-electron chi connectivity index (χ3n) is 4.43. The largest absolute Gasteiger partial charge is 0.492 e. The van der Waals surface area contributed by atoms with Crippen LogP contribution in [0, 0.1) is 0 Å². The molecule has 0 bridgehead atoms. The number of rotatable bonds is 8. The summed E-state index contributed by atoms with van der Waals surface area (Å²) in [5.41, 5.74) is 1.06. The summed E-state index contributed by atoms with van der Waals surface area (Å²) in [7, 11) is 0. The van der Waals surface area contributed by atoms with Gasteiger partial charge in [-0.25, -0.2) is 4.98 Å². The third kappa shape index (κ3) is 6.01. The van der Waals surface area contributed by atoms with Crippen LogP contribution in [0.15, 0.2) is 36.5 Å². The molecule has 1 aliphatic rings. The van der Waals surface area contributed by atoms with Gasteiger partial charge in [0.2, 0.25) is 5.91 Å². The highest BCUT2D eigenvalue weighted by Crippen LogP contribution is 2.27. The molecule has 1 aromatic heterocycles. The first kappa shape index (κ1) is 19.8. The number of aromatic nitrogens is 1. The minimum Gasteiger partial charge on any atom is -0.492 e. The lowest BCUT2D eigenvalue weighted by Crippen LogP contribution is -2.24. The Hall–Kier alpha value is -1.98. The molecule has 0 saturated carbocycles. The van der Waals surface area contributed by atoms with E-state index in [-0.39, 0.29) is 5.91 Å². The first-order valence-electron chi connectivity index (χ1n) is 9.16. The fraction of sp³-hybridized carbons (Fsp3) is 0.400. The van der Waals surface area contributed by atoms with Crippen molar-refractivity contribution in [2.24, 2.45) is 0 Å². The molecular formula is C20H23Cl2N3O2. The van der Waals surface area contributed by atoms with Crippen molar-refractivity contribution in [2.45, 2.75) is 32.2 Å². The van der Waals surface area contributed by atoms with E-state index in [9.17, 15) is 4.79 Å². The molecule has 1 N–H and O–H groups in total. The average Bonchev–Trinajstić information content (AvgIpc) is 3.20. The van der Waals surface area contributed by atoms with E-state index < -0.39 is 0 Å². The highest BCUT2D eigenvalue weighted by atomic mass is 35.5. The van der Waals surface area contributed by atoms with Crippen molar-refractivity contribution in [1.29, 1.82) is 0 Å². The Morgan fingerprint density at radius 1 is 1.19 bits per heavy atom. The molecule has 27 heavy (non-hydrogen) atoms. The molecule has 1 fully saturated rings. The van der Waals surface area contributed by atoms with E-state index >= 15 is 0 Å². The number of nitrogens with one attached hydrogen (secondary N) is 1. The van der Waals surface area contributed by atoms with Crippen molar-refractivity contribution >= 4 is 34.9 Å². The highest BCUT2D eigenvalue weighted by molar-refractivity contribution is 6.35. The van der Waals surface area contributed by atoms with Gasteiger partial charge in [-0.2, -0.15) is 0 Å². The average molecular weight is 408 g/mol. The van der Waals surface area contributed by atoms with E-state index in [2.05, 4.69) is 21.3 Å². The SMILES string of the molecule is O=C(CCCOc1ccc(Cl)cc1Cl)NCc1ccnc(N2CCCC2)c1. The summed E-state index contributed by atoms with van der Waals surface area (Å²) in [4.78, 5) is 18.8. The van der Waals surface area contributed by atoms with Crippen LogP contribution in [-0.4, -0.2) is 30.6 Å². The van der Waals surface area contributed by atoms with Crippen LogP contribution in [0.4, 0.5) is 5.82 Å². The Bertz CT molecular complexity index is 780. The fourth-order valence-electron chi connectivity index (χ4n) is 2.99. The number of hydrogen-bond acceptors (Lipinski definition) is 4. The Kier molecular flexibility index (Phi) is 7.18. The van der Waals surface area contributed by atoms with Crippen LogP contribution >= 0.6 is 23.2 Å². The summed E-state index contributed by atoms with van der Waals surface area (Å²) in [6.45, 7) is 3.04. The standard InChI is InChI=1S/C20H23Cl2N3O2/c21-16-5-6-18(17(22)13-16)27-11-3-4-20(26)24-14-15-7-8-23-19(12-15)25-9-1-2-10-25/h5-8,12-13H,1-4,9-11,14H2,(H,24,26). The molecule has 2 heterocycles. The van der Waals surface area contributed by atoms with Gasteiger partial charge in [0.15, 0.2) is 0 Å². The Balaban J connectivity index is 1.38. The second-order valence-corrected chi connectivity index (χ2v) is 7.36. The minimum absolute atomic E-state index is 0.000313. The smallest absolute Gasteiger partial charge is 0.220 e. The molecule has 1 amide bonds. The van der Waals surface area contributed by atoms with Crippen molar-refractivity contribution in [1.82, 2.24) is 10.3 Å². The van der Waals surface area contributed by atoms with Crippen LogP contribution in [0.3, 0.4) is 0 Å². The number of nitrogens with zero attached hydrogens (tertiary/aromatic N) is 2. The lowest BCUT2D eigenvalue weighted by molar-refractivity contribution is -0.121. The molecule has 1 saturated heterocycles. The molecule has 5 nitrogen and oxygen atoms in total. The normalized spacial score (nSPS) is 13.6. The fourth-order valence-corrected chi connectivity index (χ4v) is 3.45. The molecule has 3 rings (SSSR count). The molecule has 1 aromatic carbocycles. The molecule has 0 atom stereocenters. The topological polar surface area (TPSA) is 54.5 Å². The molecule has 0 unspecified atom stereocenters. The summed E-state index contributed by atoms with van der Waals surface area (Å²) in [5, 5.41) is 3.99. The van der Waals surface area contributed by atoms with Crippen molar-refractivity contribution in [3.8, 4) is 5.75 Å². The summed E-state index contributed by atoms with van der Waals surface area (Å²) >= 11 is 11.9. The Morgan fingerprint density at radius 2 is 2.00 bits per heavy atom. The molecule has 0 radical (unpaired) electrons. The second-order valence-electron chi connectivity index (χ2n) is 6.52. The van der Waals surface area contributed by atoms with Gasteiger partial charge in [0.25, 0.3) is 0 Å². The predicted octanol–water partition coefficient (Wildman–Crippen LogP) is 4.46. The third-order valence-corrected chi connectivity index (χ3v) is 4.96. The van der Waals surface area contributed by atoms with Crippen LogP contribution in [0.25, 0.3) is 0 Å². The number of carbonyl (C=O) groups is 1. The van der Waals surface area contributed by atoms with E-state index in [1.807, 2.05) is 6.07 Å². The lowest BCUT2D eigenvalue weighted by atomic mass is 10.2. The van der Waals surface area contributed by atoms with Crippen LogP contribution in [0.1, 0.15) is 31.2 Å². The van der Waals surface area contributed by atoms with E-state index in [1.54, 1.807) is 24.4 Å². The molecule has 0 spiro atoms. The van der Waals surface area contributed by atoms with Crippen molar-refractivity contribution < 1.29 is 9.53 Å². The molecule has 144 valence electrons. The van der Waals surface area contributed by atoms with Crippen molar-refractivity contribution in [2.75, 3.05) is 24.6 Å². The van der Waals surface area contributed by atoms with Gasteiger partial charge in [-0.3, -0.25) is 4.79 Å². The van der Waals surface area contributed by atoms with Crippen LogP contribution in [-0.2, 0) is 11.3 Å². The van der Waals surface area contributed by atoms with E-state index in [1.165, 1.54) is 12.8 Å². The quantitative estimate of drug-likeness (QED) is 0.656. The van der Waals surface area contributed by atoms with Gasteiger partial charge in [0.1, 0.15) is 11.6 Å². The summed E-state index contributed by atoms with van der Waals surface area (Å²) in [5.74, 6) is 1.57. The number of hydrogen-bond donors (Lipinski definition) is 1. The molecule has 1 aliphatic heterocycles. The number of benzene rings is 1. The lowest BCUT2D eigenvalue weighted by Gasteiger charge is -2.17. The van der Waals surface area contributed by atoms with Gasteiger partial charge in [0.05, 0.1) is 11.6 Å². The molecule has 7 heteroatoms. The number of ether oxygens (including phenoxy) is 1. The van der Waals surface area contributed by atoms with Crippen molar-refractivity contribution in [3.05, 3.63) is 52.1 Å². The van der Waals surface area contributed by atoms with Crippen LogP contribution < -0.4 is 15.0 Å². The number of anilines is 1. The number of amides is 1. The summed E-state index contributed by atoms with van der Waals surface area (Å²) < 4.78 is 5.59. The van der Waals surface area contributed by atoms with Crippen LogP contribution in [0.2, 0.25) is 10.0 Å². The van der Waals surface area contributed by atoms with Gasteiger partial charge < -0.3 is 15.0 Å². The zero-order valence-corrected chi connectivity index (χ0v) is 16.6. The van der Waals surface area contributed by atoms with Crippen molar-refractivity contribution in [3.63, 3.8) is 0 Å². The van der Waals surface area contributed by atoms with E-state index in [4.69, 9.17) is 27.9 Å². The number of halogens is 2. The molecule has 0 aliphatic carbocycles. The maximum atomic E-state index is 12.0. The predicted molar refractivity (Wildman–Crippen MR) is 109 cm³/mol. The zero-order valence-electron chi connectivity index (χ0n) is 15.1. The summed E-state index contributed by atoms with van der Waals surface area (Å²) in [6, 6.07) is 9.08. The van der Waals surface area contributed by atoms with E-state index in [0.29, 0.717) is 41.8 Å². The Morgan fingerprint density at radius 3 is 2.78 bits per heavy atom. The van der Waals surface area contributed by atoms with Gasteiger partial charge in [-0.05, 0) is 55.2 Å². The first-order valence-corrected chi connectivity index (χ1v) is 9.92. The van der Waals surface area contributed by atoms with Gasteiger partial charge >= 0.3 is 0 Å². The maximum Gasteiger partial charge on any atom is 0.220 e. The number of carbonyl (C=O) groups excluding carboxylic acids is 1. The Labute approximate surface area is 169 Å². The second kappa shape index (κ2) is 9.81. The molecular weight excluding hydrogens is 385 g/mol. The van der Waals surface area contributed by atoms with E-state index in [0.717, 1.165) is 24.5 Å². The first-order chi connectivity index (χ1) is 13.1. The van der Waals surface area contributed by atoms with Crippen LogP contribution in [0.5, 0.6) is 5.75 Å². The molecule has 2 aromatic rings. The summed E-state index contributed by atoms with van der Waals surface area (Å²) in [6.07, 6.45) is 5.24. The zero-order chi connectivity index (χ0) is 19.1. The monoisotopic (exact) mass is 407 g/mol. The number of pyridine rings is 1.